The van der Waals surface area contributed by atoms with Gasteiger partial charge in [0.2, 0.25) is 0 Å². The van der Waals surface area contributed by atoms with Crippen LogP contribution >= 0.6 is 0 Å². The summed E-state index contributed by atoms with van der Waals surface area (Å²) in [5.41, 5.74) is 3.68. The van der Waals surface area contributed by atoms with Crippen molar-refractivity contribution in [3.8, 4) is 11.4 Å². The molecule has 6 nitrogen and oxygen atoms in total. The molecule has 1 fully saturated rings. The predicted octanol–water partition coefficient (Wildman–Crippen LogP) is 5.22. The van der Waals surface area contributed by atoms with E-state index in [4.69, 9.17) is 4.74 Å². The summed E-state index contributed by atoms with van der Waals surface area (Å²) in [5, 5.41) is 19.1. The van der Waals surface area contributed by atoms with Crippen LogP contribution in [0.1, 0.15) is 49.9 Å². The summed E-state index contributed by atoms with van der Waals surface area (Å²) in [4.78, 5) is 11.9. The molecule has 0 aliphatic heterocycles. The molecule has 35 heavy (non-hydrogen) atoms. The Morgan fingerprint density at radius 1 is 1.23 bits per heavy atom. The molecule has 182 valence electrons. The van der Waals surface area contributed by atoms with Crippen LogP contribution in [-0.2, 0) is 12.8 Å². The molecule has 2 aromatic carbocycles. The number of aliphatic hydroxyl groups is 1. The van der Waals surface area contributed by atoms with Crippen molar-refractivity contribution in [2.24, 2.45) is 5.41 Å². The lowest BCUT2D eigenvalue weighted by Gasteiger charge is -2.42. The van der Waals surface area contributed by atoms with Crippen LogP contribution in [-0.4, -0.2) is 33.1 Å². The van der Waals surface area contributed by atoms with Crippen molar-refractivity contribution in [3.05, 3.63) is 82.9 Å². The maximum absolute atomic E-state index is 13.4. The summed E-state index contributed by atoms with van der Waals surface area (Å²) >= 11 is 0. The number of rotatable bonds is 6. The van der Waals surface area contributed by atoms with Crippen molar-refractivity contribution in [1.29, 1.82) is 0 Å². The summed E-state index contributed by atoms with van der Waals surface area (Å²) in [7, 11) is 0. The van der Waals surface area contributed by atoms with Crippen LogP contribution in [0.4, 0.5) is 9.18 Å². The van der Waals surface area contributed by atoms with Gasteiger partial charge in [-0.05, 0) is 86.6 Å². The van der Waals surface area contributed by atoms with Crippen LogP contribution in [0, 0.1) is 11.2 Å². The molecule has 2 N–H and O–H groups in total. The SMILES string of the molecule is CCNC(=O)Oc1ccccc1CC[C@]1(O)CCC2=Cc3c(cnn3-c3ccc(F)cc3)CC21C. The minimum absolute atomic E-state index is 0.278. The summed E-state index contributed by atoms with van der Waals surface area (Å²) in [6.07, 6.45) is 6.83. The zero-order chi connectivity index (χ0) is 24.6. The molecule has 2 atom stereocenters. The molecule has 5 rings (SSSR count). The van der Waals surface area contributed by atoms with Crippen molar-refractivity contribution in [2.45, 2.75) is 51.6 Å². The number of ether oxygens (including phenoxy) is 1. The molecule has 0 bridgehead atoms. The van der Waals surface area contributed by atoms with Gasteiger partial charge in [-0.15, -0.1) is 0 Å². The van der Waals surface area contributed by atoms with Crippen molar-refractivity contribution >= 4 is 12.2 Å². The predicted molar refractivity (Wildman–Crippen MR) is 132 cm³/mol. The topological polar surface area (TPSA) is 76.4 Å². The second-order valence-corrected chi connectivity index (χ2v) is 9.68. The lowest BCUT2D eigenvalue weighted by Crippen LogP contribution is -2.45. The first kappa shape index (κ1) is 23.3. The van der Waals surface area contributed by atoms with Gasteiger partial charge in [-0.2, -0.15) is 5.10 Å². The van der Waals surface area contributed by atoms with Crippen LogP contribution in [0.15, 0.2) is 60.3 Å². The second kappa shape index (κ2) is 8.96. The fourth-order valence-corrected chi connectivity index (χ4v) is 5.55. The first-order valence-corrected chi connectivity index (χ1v) is 12.1. The summed E-state index contributed by atoms with van der Waals surface area (Å²) in [6, 6.07) is 13.8. The van der Waals surface area contributed by atoms with E-state index in [0.29, 0.717) is 38.0 Å². The smallest absolute Gasteiger partial charge is 0.410 e. The number of hydrogen-bond donors (Lipinski definition) is 2. The Morgan fingerprint density at radius 3 is 2.77 bits per heavy atom. The van der Waals surface area contributed by atoms with Crippen LogP contribution in [0.25, 0.3) is 11.8 Å². The van der Waals surface area contributed by atoms with Crippen molar-refractivity contribution in [1.82, 2.24) is 15.1 Å². The normalized spacial score (nSPS) is 22.8. The lowest BCUT2D eigenvalue weighted by atomic mass is 9.65. The van der Waals surface area contributed by atoms with E-state index in [0.717, 1.165) is 28.9 Å². The number of aryl methyl sites for hydroxylation is 1. The molecule has 1 amide bonds. The zero-order valence-corrected chi connectivity index (χ0v) is 20.1. The van der Waals surface area contributed by atoms with Crippen molar-refractivity contribution in [2.75, 3.05) is 6.54 Å². The number of aromatic nitrogens is 2. The Hall–Kier alpha value is -3.45. The number of fused-ring (bicyclic) bond motifs is 2. The van der Waals surface area contributed by atoms with Gasteiger partial charge in [0.15, 0.2) is 0 Å². The molecule has 2 aliphatic rings. The highest BCUT2D eigenvalue weighted by molar-refractivity contribution is 5.70. The molecule has 3 aromatic rings. The fraction of sp³-hybridized carbons (Fsp3) is 0.357. The molecule has 0 saturated heterocycles. The van der Waals surface area contributed by atoms with Crippen LogP contribution < -0.4 is 10.1 Å². The molecule has 1 unspecified atom stereocenters. The van der Waals surface area contributed by atoms with E-state index in [9.17, 15) is 14.3 Å². The van der Waals surface area contributed by atoms with Gasteiger partial charge in [-0.3, -0.25) is 0 Å². The van der Waals surface area contributed by atoms with E-state index < -0.39 is 17.1 Å². The first-order chi connectivity index (χ1) is 16.8. The monoisotopic (exact) mass is 475 g/mol. The Balaban J connectivity index is 1.37. The summed E-state index contributed by atoms with van der Waals surface area (Å²) in [6.45, 7) is 4.47. The third kappa shape index (κ3) is 4.14. The molecule has 7 heteroatoms. The van der Waals surface area contributed by atoms with Crippen molar-refractivity contribution in [3.63, 3.8) is 0 Å². The molecule has 1 saturated carbocycles. The van der Waals surface area contributed by atoms with Gasteiger partial charge >= 0.3 is 6.09 Å². The standard InChI is InChI=1S/C28H30FN3O3/c1-3-30-26(33)35-25-7-5-4-6-19(25)12-14-28(34)15-13-21-16-24-20(17-27(21,28)2)18-31-32(24)23-10-8-22(29)9-11-23/h4-11,16,18,34H,3,12-15,17H2,1-2H3,(H,30,33)/t27?,28-/m0/s1. The van der Waals surface area contributed by atoms with Crippen molar-refractivity contribution < 1.29 is 19.0 Å². The Bertz CT molecular complexity index is 1280. The van der Waals surface area contributed by atoms with E-state index in [1.54, 1.807) is 18.2 Å². The third-order valence-corrected chi connectivity index (χ3v) is 7.66. The number of carbonyl (C=O) groups excluding carboxylic acids is 1. The number of carbonyl (C=O) groups is 1. The largest absolute Gasteiger partial charge is 0.412 e. The lowest BCUT2D eigenvalue weighted by molar-refractivity contribution is -0.0462. The van der Waals surface area contributed by atoms with E-state index in [1.165, 1.54) is 17.7 Å². The molecular formula is C28H30FN3O3. The van der Waals surface area contributed by atoms with E-state index in [2.05, 4.69) is 23.4 Å². The highest BCUT2D eigenvalue weighted by Crippen LogP contribution is 2.57. The number of nitrogens with zero attached hydrogens (tertiary/aromatic N) is 2. The molecule has 0 radical (unpaired) electrons. The van der Waals surface area contributed by atoms with Gasteiger partial charge in [0.1, 0.15) is 11.6 Å². The second-order valence-electron chi connectivity index (χ2n) is 9.68. The summed E-state index contributed by atoms with van der Waals surface area (Å²) < 4.78 is 20.7. The highest BCUT2D eigenvalue weighted by Gasteiger charge is 2.54. The average Bonchev–Trinajstić information content (AvgIpc) is 3.35. The molecular weight excluding hydrogens is 445 g/mol. The van der Waals surface area contributed by atoms with Gasteiger partial charge < -0.3 is 15.2 Å². The van der Waals surface area contributed by atoms with Crippen LogP contribution in [0.5, 0.6) is 5.75 Å². The van der Waals surface area contributed by atoms with Crippen LogP contribution in [0.3, 0.4) is 0 Å². The molecule has 1 heterocycles. The Labute approximate surface area is 204 Å². The minimum atomic E-state index is -0.896. The Morgan fingerprint density at radius 2 is 2.00 bits per heavy atom. The van der Waals surface area contributed by atoms with E-state index in [-0.39, 0.29) is 5.82 Å². The maximum atomic E-state index is 13.4. The van der Waals surface area contributed by atoms with Gasteiger partial charge in [-0.1, -0.05) is 30.7 Å². The number of hydrogen-bond acceptors (Lipinski definition) is 4. The number of benzene rings is 2. The average molecular weight is 476 g/mol. The third-order valence-electron chi connectivity index (χ3n) is 7.66. The molecule has 2 aliphatic carbocycles. The highest BCUT2D eigenvalue weighted by atomic mass is 19.1. The number of para-hydroxylation sites is 1. The zero-order valence-electron chi connectivity index (χ0n) is 20.1. The maximum Gasteiger partial charge on any atom is 0.412 e. The number of nitrogens with one attached hydrogen (secondary N) is 1. The van der Waals surface area contributed by atoms with Gasteiger partial charge in [0, 0.05) is 12.0 Å². The van der Waals surface area contributed by atoms with E-state index >= 15 is 0 Å². The van der Waals surface area contributed by atoms with E-state index in [1.807, 2.05) is 36.0 Å². The van der Waals surface area contributed by atoms with Gasteiger partial charge in [0.05, 0.1) is 23.2 Å². The quantitative estimate of drug-likeness (QED) is 0.512. The fourth-order valence-electron chi connectivity index (χ4n) is 5.55. The minimum Gasteiger partial charge on any atom is -0.410 e. The van der Waals surface area contributed by atoms with Gasteiger partial charge in [0.25, 0.3) is 0 Å². The Kier molecular flexibility index (Phi) is 5.97. The number of amides is 1. The van der Waals surface area contributed by atoms with Crippen LogP contribution in [0.2, 0.25) is 0 Å². The molecule has 1 aromatic heterocycles. The molecule has 0 spiro atoms. The first-order valence-electron chi connectivity index (χ1n) is 12.1. The summed E-state index contributed by atoms with van der Waals surface area (Å²) in [5.74, 6) is 0.243. The number of halogens is 1. The van der Waals surface area contributed by atoms with Gasteiger partial charge in [-0.25, -0.2) is 13.9 Å².